The summed E-state index contributed by atoms with van der Waals surface area (Å²) >= 11 is 0. The van der Waals surface area contributed by atoms with Gasteiger partial charge in [-0.3, -0.25) is 0 Å². The molecule has 0 fully saturated rings. The first-order chi connectivity index (χ1) is 7.10. The summed E-state index contributed by atoms with van der Waals surface area (Å²) < 4.78 is 25.7. The van der Waals surface area contributed by atoms with Crippen LogP contribution in [0.5, 0.6) is 5.75 Å². The van der Waals surface area contributed by atoms with Crippen molar-refractivity contribution in [2.75, 3.05) is 6.54 Å². The van der Waals surface area contributed by atoms with Crippen LogP contribution >= 0.6 is 0 Å². The highest BCUT2D eigenvalue weighted by molar-refractivity contribution is 7.89. The van der Waals surface area contributed by atoms with E-state index < -0.39 is 10.0 Å². The maximum Gasteiger partial charge on any atom is 0.240 e. The Balaban J connectivity index is 2.86. The number of nitrogens with two attached hydrogens (primary N) is 1. The lowest BCUT2D eigenvalue weighted by atomic mass is 10.3. The van der Waals surface area contributed by atoms with E-state index in [4.69, 9.17) is 5.90 Å². The van der Waals surface area contributed by atoms with Crippen LogP contribution < -0.4 is 15.5 Å². The second-order valence-electron chi connectivity index (χ2n) is 2.99. The summed E-state index contributed by atoms with van der Waals surface area (Å²) in [4.78, 5) is 4.65. The summed E-state index contributed by atoms with van der Waals surface area (Å²) in [5.74, 6) is 5.34. The van der Waals surface area contributed by atoms with Gasteiger partial charge in [0.1, 0.15) is 5.75 Å². The number of rotatable bonds is 5. The molecule has 0 saturated heterocycles. The lowest BCUT2D eigenvalue weighted by molar-refractivity contribution is 0.334. The Hall–Kier alpha value is -1.11. The van der Waals surface area contributed by atoms with Crippen molar-refractivity contribution in [2.24, 2.45) is 5.90 Å². The fourth-order valence-electron chi connectivity index (χ4n) is 1.02. The van der Waals surface area contributed by atoms with E-state index in [1.807, 2.05) is 6.92 Å². The molecule has 0 unspecified atom stereocenters. The molecule has 3 N–H and O–H groups in total. The number of hydrogen-bond acceptors (Lipinski definition) is 4. The fraction of sp³-hybridized carbons (Fsp3) is 0.333. The molecule has 0 atom stereocenters. The van der Waals surface area contributed by atoms with Gasteiger partial charge in [-0.25, -0.2) is 13.1 Å². The Morgan fingerprint density at radius 1 is 1.33 bits per heavy atom. The molecular weight excluding hydrogens is 216 g/mol. The smallest absolute Gasteiger partial charge is 0.240 e. The summed E-state index contributed by atoms with van der Waals surface area (Å²) in [5.41, 5.74) is 0. The van der Waals surface area contributed by atoms with Crippen LogP contribution in [-0.2, 0) is 10.0 Å². The molecule has 1 aromatic carbocycles. The minimum atomic E-state index is -3.39. The monoisotopic (exact) mass is 230 g/mol. The van der Waals surface area contributed by atoms with Gasteiger partial charge in [0, 0.05) is 6.54 Å². The standard InChI is InChI=1S/C9H14N2O3S/c1-2-7-11-15(12,13)9-5-3-8(14-10)4-6-9/h3-6,11H,2,7,10H2,1H3. The first-order valence-corrected chi connectivity index (χ1v) is 6.05. The van der Waals surface area contributed by atoms with Crippen LogP contribution in [-0.4, -0.2) is 15.0 Å². The van der Waals surface area contributed by atoms with Gasteiger partial charge in [0.25, 0.3) is 0 Å². The van der Waals surface area contributed by atoms with Gasteiger partial charge in [-0.2, -0.15) is 5.90 Å². The van der Waals surface area contributed by atoms with E-state index in [1.165, 1.54) is 24.3 Å². The molecule has 0 aliphatic heterocycles. The Morgan fingerprint density at radius 3 is 2.40 bits per heavy atom. The summed E-state index contributed by atoms with van der Waals surface area (Å²) in [5, 5.41) is 0. The van der Waals surface area contributed by atoms with Crippen LogP contribution in [0, 0.1) is 0 Å². The zero-order valence-electron chi connectivity index (χ0n) is 8.43. The van der Waals surface area contributed by atoms with Crippen LogP contribution in [0.15, 0.2) is 29.2 Å². The van der Waals surface area contributed by atoms with Crippen molar-refractivity contribution in [3.8, 4) is 5.75 Å². The summed E-state index contributed by atoms with van der Waals surface area (Å²) in [6.45, 7) is 2.32. The van der Waals surface area contributed by atoms with Crippen LogP contribution in [0.1, 0.15) is 13.3 Å². The number of hydrogen-bond donors (Lipinski definition) is 2. The average molecular weight is 230 g/mol. The zero-order valence-corrected chi connectivity index (χ0v) is 9.25. The third-order valence-electron chi connectivity index (χ3n) is 1.81. The van der Waals surface area contributed by atoms with E-state index in [2.05, 4.69) is 9.56 Å². The third kappa shape index (κ3) is 3.19. The lowest BCUT2D eigenvalue weighted by Gasteiger charge is -2.05. The van der Waals surface area contributed by atoms with Crippen molar-refractivity contribution in [1.82, 2.24) is 4.72 Å². The van der Waals surface area contributed by atoms with Crippen LogP contribution in [0.4, 0.5) is 0 Å². The molecule has 0 aliphatic rings. The second kappa shape index (κ2) is 5.11. The fourth-order valence-corrected chi connectivity index (χ4v) is 2.15. The highest BCUT2D eigenvalue weighted by atomic mass is 32.2. The van der Waals surface area contributed by atoms with Gasteiger partial charge in [-0.1, -0.05) is 6.92 Å². The molecule has 0 bridgehead atoms. The van der Waals surface area contributed by atoms with Crippen molar-refractivity contribution in [3.05, 3.63) is 24.3 Å². The van der Waals surface area contributed by atoms with Crippen molar-refractivity contribution >= 4 is 10.0 Å². The van der Waals surface area contributed by atoms with Crippen molar-refractivity contribution < 1.29 is 13.3 Å². The van der Waals surface area contributed by atoms with Crippen LogP contribution in [0.25, 0.3) is 0 Å². The first-order valence-electron chi connectivity index (χ1n) is 4.56. The van der Waals surface area contributed by atoms with Gasteiger partial charge >= 0.3 is 0 Å². The Labute approximate surface area is 89.2 Å². The van der Waals surface area contributed by atoms with Crippen molar-refractivity contribution in [2.45, 2.75) is 18.2 Å². The summed E-state index contributed by atoms with van der Waals surface area (Å²) in [6.07, 6.45) is 0.753. The molecule has 1 rings (SSSR count). The maximum atomic E-state index is 11.6. The SMILES string of the molecule is CCCNS(=O)(=O)c1ccc(ON)cc1. The van der Waals surface area contributed by atoms with Crippen LogP contribution in [0.3, 0.4) is 0 Å². The number of nitrogens with one attached hydrogen (secondary N) is 1. The molecule has 0 aliphatic carbocycles. The van der Waals surface area contributed by atoms with Gasteiger partial charge in [0.05, 0.1) is 4.90 Å². The van der Waals surface area contributed by atoms with Crippen LogP contribution in [0.2, 0.25) is 0 Å². The Kier molecular flexibility index (Phi) is 4.07. The number of sulfonamides is 1. The van der Waals surface area contributed by atoms with Crippen molar-refractivity contribution in [1.29, 1.82) is 0 Å². The molecule has 1 aromatic rings. The summed E-state index contributed by atoms with van der Waals surface area (Å²) in [6, 6.07) is 5.89. The highest BCUT2D eigenvalue weighted by Gasteiger charge is 2.12. The molecule has 0 saturated carbocycles. The first kappa shape index (κ1) is 12.0. The summed E-state index contributed by atoms with van der Waals surface area (Å²) in [7, 11) is -3.39. The minimum Gasteiger partial charge on any atom is -0.412 e. The van der Waals surface area contributed by atoms with E-state index >= 15 is 0 Å². The molecule has 0 aromatic heterocycles. The second-order valence-corrected chi connectivity index (χ2v) is 4.75. The highest BCUT2D eigenvalue weighted by Crippen LogP contribution is 2.14. The molecule has 84 valence electrons. The molecule has 0 spiro atoms. The molecule has 6 heteroatoms. The average Bonchev–Trinajstić information content (AvgIpc) is 2.26. The topological polar surface area (TPSA) is 81.4 Å². The van der Waals surface area contributed by atoms with Gasteiger partial charge in [-0.15, -0.1) is 0 Å². The minimum absolute atomic E-state index is 0.205. The quantitative estimate of drug-likeness (QED) is 0.727. The largest absolute Gasteiger partial charge is 0.412 e. The third-order valence-corrected chi connectivity index (χ3v) is 3.29. The lowest BCUT2D eigenvalue weighted by Crippen LogP contribution is -2.24. The Morgan fingerprint density at radius 2 is 1.93 bits per heavy atom. The predicted molar refractivity (Wildman–Crippen MR) is 56.7 cm³/mol. The zero-order chi connectivity index (χ0) is 11.3. The maximum absolute atomic E-state index is 11.6. The van der Waals surface area contributed by atoms with Gasteiger partial charge in [0.15, 0.2) is 0 Å². The normalized spacial score (nSPS) is 11.3. The van der Waals surface area contributed by atoms with Gasteiger partial charge < -0.3 is 4.84 Å². The van der Waals surface area contributed by atoms with Gasteiger partial charge in [-0.05, 0) is 30.7 Å². The molecular formula is C9H14N2O3S. The molecule has 0 heterocycles. The molecule has 0 amide bonds. The Bertz CT molecular complexity index is 400. The molecule has 15 heavy (non-hydrogen) atoms. The number of benzene rings is 1. The van der Waals surface area contributed by atoms with Crippen molar-refractivity contribution in [3.63, 3.8) is 0 Å². The van der Waals surface area contributed by atoms with E-state index in [9.17, 15) is 8.42 Å². The molecule has 0 radical (unpaired) electrons. The van der Waals surface area contributed by atoms with Gasteiger partial charge in [0.2, 0.25) is 10.0 Å². The van der Waals surface area contributed by atoms with E-state index in [1.54, 1.807) is 0 Å². The van der Waals surface area contributed by atoms with E-state index in [0.29, 0.717) is 12.3 Å². The van der Waals surface area contributed by atoms with E-state index in [0.717, 1.165) is 6.42 Å². The molecule has 5 nitrogen and oxygen atoms in total. The predicted octanol–water partition coefficient (Wildman–Crippen LogP) is 0.627. The van der Waals surface area contributed by atoms with E-state index in [-0.39, 0.29) is 4.90 Å².